The zero-order chi connectivity index (χ0) is 17.2. The molecule has 7 nitrogen and oxygen atoms in total. The van der Waals surface area contributed by atoms with Crippen molar-refractivity contribution in [3.05, 3.63) is 17.7 Å². The molecule has 1 aliphatic heterocycles. The molecule has 0 saturated heterocycles. The minimum atomic E-state index is -1.25. The molecule has 2 rings (SSSR count). The summed E-state index contributed by atoms with van der Waals surface area (Å²) in [5, 5.41) is 0. The lowest BCUT2D eigenvalue weighted by molar-refractivity contribution is -0.150. The van der Waals surface area contributed by atoms with Gasteiger partial charge in [0.1, 0.15) is 11.8 Å². The van der Waals surface area contributed by atoms with Crippen molar-refractivity contribution in [2.75, 3.05) is 25.2 Å². The number of rotatable bonds is 5. The first-order chi connectivity index (χ1) is 10.9. The maximum atomic E-state index is 12.4. The van der Waals surface area contributed by atoms with Crippen LogP contribution in [0.4, 0.5) is 5.69 Å². The van der Waals surface area contributed by atoms with Crippen molar-refractivity contribution in [1.29, 1.82) is 0 Å². The standard InChI is InChI=1S/C16H19NO6/c1-5-22-15(20)16(2,3)17-11-6-10(8-18)7-12(21-4)14(11)23-9-13(17)19/h6-8H,5,9H2,1-4H3. The molecule has 0 atom stereocenters. The number of benzene rings is 1. The van der Waals surface area contributed by atoms with Crippen LogP contribution in [0.1, 0.15) is 31.1 Å². The molecule has 1 heterocycles. The van der Waals surface area contributed by atoms with Crippen LogP contribution < -0.4 is 14.4 Å². The molecule has 1 aromatic rings. The van der Waals surface area contributed by atoms with E-state index in [-0.39, 0.29) is 13.2 Å². The van der Waals surface area contributed by atoms with Gasteiger partial charge in [0.25, 0.3) is 5.91 Å². The van der Waals surface area contributed by atoms with Gasteiger partial charge < -0.3 is 14.2 Å². The monoisotopic (exact) mass is 321 g/mol. The van der Waals surface area contributed by atoms with Crippen LogP contribution in [0, 0.1) is 0 Å². The van der Waals surface area contributed by atoms with Crippen LogP contribution in [0.3, 0.4) is 0 Å². The molecule has 7 heteroatoms. The predicted octanol–water partition coefficient (Wildman–Crippen LogP) is 1.57. The van der Waals surface area contributed by atoms with E-state index in [1.807, 2.05) is 0 Å². The summed E-state index contributed by atoms with van der Waals surface area (Å²) < 4.78 is 15.7. The Morgan fingerprint density at radius 3 is 2.70 bits per heavy atom. The Hall–Kier alpha value is -2.57. The Balaban J connectivity index is 2.61. The van der Waals surface area contributed by atoms with Gasteiger partial charge in [-0.3, -0.25) is 14.5 Å². The number of ether oxygens (including phenoxy) is 3. The predicted molar refractivity (Wildman–Crippen MR) is 82.1 cm³/mol. The average molecular weight is 321 g/mol. The van der Waals surface area contributed by atoms with E-state index in [2.05, 4.69) is 0 Å². The Morgan fingerprint density at radius 2 is 2.13 bits per heavy atom. The third-order valence-corrected chi connectivity index (χ3v) is 3.58. The Kier molecular flexibility index (Phi) is 4.58. The van der Waals surface area contributed by atoms with E-state index >= 15 is 0 Å². The van der Waals surface area contributed by atoms with Gasteiger partial charge in [0.15, 0.2) is 18.1 Å². The van der Waals surface area contributed by atoms with Crippen LogP contribution >= 0.6 is 0 Å². The van der Waals surface area contributed by atoms with Gasteiger partial charge in [-0.15, -0.1) is 0 Å². The van der Waals surface area contributed by atoms with Crippen LogP contribution in [-0.4, -0.2) is 44.0 Å². The molecule has 0 N–H and O–H groups in total. The number of amides is 1. The van der Waals surface area contributed by atoms with Crippen LogP contribution in [-0.2, 0) is 14.3 Å². The first-order valence-corrected chi connectivity index (χ1v) is 7.17. The first kappa shape index (κ1) is 16.8. The van der Waals surface area contributed by atoms with Gasteiger partial charge >= 0.3 is 5.97 Å². The van der Waals surface area contributed by atoms with Gasteiger partial charge in [-0.05, 0) is 32.9 Å². The SMILES string of the molecule is CCOC(=O)C(C)(C)N1C(=O)COc2c(OC)cc(C=O)cc21. The summed E-state index contributed by atoms with van der Waals surface area (Å²) in [7, 11) is 1.44. The average Bonchev–Trinajstić information content (AvgIpc) is 2.53. The fraction of sp³-hybridized carbons (Fsp3) is 0.438. The van der Waals surface area contributed by atoms with E-state index in [4.69, 9.17) is 14.2 Å². The molecule has 1 aliphatic rings. The second kappa shape index (κ2) is 6.28. The zero-order valence-electron chi connectivity index (χ0n) is 13.5. The number of methoxy groups -OCH3 is 1. The van der Waals surface area contributed by atoms with Gasteiger partial charge in [0.05, 0.1) is 19.4 Å². The van der Waals surface area contributed by atoms with E-state index in [1.165, 1.54) is 24.1 Å². The van der Waals surface area contributed by atoms with Crippen molar-refractivity contribution in [1.82, 2.24) is 0 Å². The summed E-state index contributed by atoms with van der Waals surface area (Å²) in [5.41, 5.74) is -0.637. The number of carbonyl (C=O) groups excluding carboxylic acids is 3. The zero-order valence-corrected chi connectivity index (χ0v) is 13.5. The maximum absolute atomic E-state index is 12.4. The Labute approximate surface area is 134 Å². The van der Waals surface area contributed by atoms with Crippen LogP contribution in [0.2, 0.25) is 0 Å². The number of carbonyl (C=O) groups is 3. The highest BCUT2D eigenvalue weighted by Crippen LogP contribution is 2.43. The minimum absolute atomic E-state index is 0.200. The summed E-state index contributed by atoms with van der Waals surface area (Å²) in [4.78, 5) is 37.1. The van der Waals surface area contributed by atoms with Crippen molar-refractivity contribution < 1.29 is 28.6 Å². The maximum Gasteiger partial charge on any atom is 0.331 e. The first-order valence-electron chi connectivity index (χ1n) is 7.17. The molecule has 0 saturated carbocycles. The highest BCUT2D eigenvalue weighted by Gasteiger charge is 2.44. The van der Waals surface area contributed by atoms with Crippen molar-refractivity contribution >= 4 is 23.9 Å². The molecule has 0 unspecified atom stereocenters. The highest BCUT2D eigenvalue weighted by atomic mass is 16.5. The van der Waals surface area contributed by atoms with E-state index in [0.29, 0.717) is 29.0 Å². The number of nitrogens with zero attached hydrogens (tertiary/aromatic N) is 1. The molecule has 0 radical (unpaired) electrons. The summed E-state index contributed by atoms with van der Waals surface area (Å²) in [6, 6.07) is 3.00. The number of hydrogen-bond acceptors (Lipinski definition) is 6. The normalized spacial score (nSPS) is 13.9. The largest absolute Gasteiger partial charge is 0.493 e. The minimum Gasteiger partial charge on any atom is -0.493 e. The summed E-state index contributed by atoms with van der Waals surface area (Å²) in [6.45, 7) is 4.82. The summed E-state index contributed by atoms with van der Waals surface area (Å²) >= 11 is 0. The van der Waals surface area contributed by atoms with E-state index in [9.17, 15) is 14.4 Å². The quantitative estimate of drug-likeness (QED) is 0.605. The smallest absolute Gasteiger partial charge is 0.331 e. The fourth-order valence-electron chi connectivity index (χ4n) is 2.48. The van der Waals surface area contributed by atoms with Crippen molar-refractivity contribution in [2.45, 2.75) is 26.3 Å². The second-order valence-corrected chi connectivity index (χ2v) is 5.49. The number of anilines is 1. The molecule has 1 amide bonds. The molecule has 0 spiro atoms. The van der Waals surface area contributed by atoms with E-state index in [0.717, 1.165) is 0 Å². The third kappa shape index (κ3) is 2.86. The molecule has 0 fully saturated rings. The molecule has 23 heavy (non-hydrogen) atoms. The molecule has 124 valence electrons. The summed E-state index contributed by atoms with van der Waals surface area (Å²) in [5.74, 6) is -0.311. The third-order valence-electron chi connectivity index (χ3n) is 3.58. The molecular formula is C16H19NO6. The molecule has 0 aliphatic carbocycles. The van der Waals surface area contributed by atoms with E-state index in [1.54, 1.807) is 20.8 Å². The van der Waals surface area contributed by atoms with Crippen LogP contribution in [0.25, 0.3) is 0 Å². The molecule has 0 aromatic heterocycles. The highest BCUT2D eigenvalue weighted by molar-refractivity contribution is 6.05. The number of fused-ring (bicyclic) bond motifs is 1. The van der Waals surface area contributed by atoms with Crippen molar-refractivity contribution in [2.24, 2.45) is 0 Å². The lowest BCUT2D eigenvalue weighted by Crippen LogP contribution is -2.57. The number of aldehydes is 1. The summed E-state index contributed by atoms with van der Waals surface area (Å²) in [6.07, 6.45) is 0.636. The van der Waals surface area contributed by atoms with Crippen molar-refractivity contribution in [3.8, 4) is 11.5 Å². The second-order valence-electron chi connectivity index (χ2n) is 5.49. The van der Waals surface area contributed by atoms with Crippen molar-refractivity contribution in [3.63, 3.8) is 0 Å². The van der Waals surface area contributed by atoms with Crippen LogP contribution in [0.5, 0.6) is 11.5 Å². The van der Waals surface area contributed by atoms with Gasteiger partial charge in [-0.1, -0.05) is 0 Å². The van der Waals surface area contributed by atoms with Gasteiger partial charge in [0, 0.05) is 5.56 Å². The topological polar surface area (TPSA) is 82.1 Å². The Bertz CT molecular complexity index is 652. The van der Waals surface area contributed by atoms with Gasteiger partial charge in [0.2, 0.25) is 0 Å². The lowest BCUT2D eigenvalue weighted by atomic mass is 9.99. The van der Waals surface area contributed by atoms with E-state index < -0.39 is 17.4 Å². The molecular weight excluding hydrogens is 302 g/mol. The molecule has 0 bridgehead atoms. The molecule has 1 aromatic carbocycles. The number of hydrogen-bond donors (Lipinski definition) is 0. The lowest BCUT2D eigenvalue weighted by Gasteiger charge is -2.39. The van der Waals surface area contributed by atoms with Gasteiger partial charge in [-0.2, -0.15) is 0 Å². The van der Waals surface area contributed by atoms with Crippen LogP contribution in [0.15, 0.2) is 12.1 Å². The number of esters is 1. The Morgan fingerprint density at radius 1 is 1.43 bits per heavy atom. The fourth-order valence-corrected chi connectivity index (χ4v) is 2.48. The van der Waals surface area contributed by atoms with Gasteiger partial charge in [-0.25, -0.2) is 4.79 Å².